The van der Waals surface area contributed by atoms with Gasteiger partial charge in [-0.15, -0.1) is 0 Å². The third kappa shape index (κ3) is 7.37. The van der Waals surface area contributed by atoms with E-state index in [0.717, 1.165) is 43.9 Å². The maximum atomic E-state index is 12.7. The Morgan fingerprint density at radius 2 is 1.83 bits per heavy atom. The summed E-state index contributed by atoms with van der Waals surface area (Å²) in [5, 5.41) is 5.73. The number of amides is 2. The van der Waals surface area contributed by atoms with Gasteiger partial charge < -0.3 is 20.1 Å². The molecular weight excluding hydrogens is 456 g/mol. The number of ether oxygens (including phenoxy) is 2. The number of likely N-dealkylation sites (N-methyl/N-ethyl adjacent to an activating group) is 1. The number of aromatic nitrogens is 1. The van der Waals surface area contributed by atoms with Gasteiger partial charge in [0.25, 0.3) is 11.8 Å². The molecule has 0 aliphatic carbocycles. The summed E-state index contributed by atoms with van der Waals surface area (Å²) in [5.74, 6) is 0.274. The third-order valence-electron chi connectivity index (χ3n) is 6.18. The topological polar surface area (TPSA) is 92.8 Å². The lowest BCUT2D eigenvalue weighted by molar-refractivity contribution is 0.0392. The van der Waals surface area contributed by atoms with E-state index in [2.05, 4.69) is 27.6 Å². The summed E-state index contributed by atoms with van der Waals surface area (Å²) < 4.78 is 11.4. The molecular formula is C28H32N4O4. The van der Waals surface area contributed by atoms with Gasteiger partial charge >= 0.3 is 0 Å². The molecule has 36 heavy (non-hydrogen) atoms. The van der Waals surface area contributed by atoms with E-state index in [4.69, 9.17) is 9.47 Å². The van der Waals surface area contributed by atoms with Crippen LogP contribution in [0.15, 0.2) is 73.1 Å². The molecule has 2 amide bonds. The van der Waals surface area contributed by atoms with Crippen LogP contribution in [0.25, 0.3) is 0 Å². The fourth-order valence-electron chi connectivity index (χ4n) is 4.08. The number of carbonyl (C=O) groups excluding carboxylic acids is 2. The molecule has 2 aromatic carbocycles. The van der Waals surface area contributed by atoms with Crippen LogP contribution in [0, 0.1) is 0 Å². The van der Waals surface area contributed by atoms with Gasteiger partial charge in [-0.3, -0.25) is 19.5 Å². The summed E-state index contributed by atoms with van der Waals surface area (Å²) in [6, 6.07) is 18.5. The van der Waals surface area contributed by atoms with Gasteiger partial charge in [0.2, 0.25) is 0 Å². The summed E-state index contributed by atoms with van der Waals surface area (Å²) in [6.45, 7) is 3.47. The molecule has 4 rings (SSSR count). The molecule has 0 radical (unpaired) electrons. The minimum absolute atomic E-state index is 0.225. The lowest BCUT2D eigenvalue weighted by Crippen LogP contribution is -2.38. The van der Waals surface area contributed by atoms with Crippen molar-refractivity contribution in [2.24, 2.45) is 0 Å². The molecule has 1 aromatic heterocycles. The highest BCUT2D eigenvalue weighted by Gasteiger charge is 2.18. The SMILES string of the molecule is CN(CCOc1cccc(CNC(=O)c2cccc(NC(=O)c3cccnc3)c2)c1)C1CCOCC1. The van der Waals surface area contributed by atoms with Crippen molar-refractivity contribution in [2.75, 3.05) is 38.7 Å². The Kier molecular flexibility index (Phi) is 9.02. The van der Waals surface area contributed by atoms with Crippen molar-refractivity contribution in [1.82, 2.24) is 15.2 Å². The first-order valence-electron chi connectivity index (χ1n) is 12.2. The second-order valence-corrected chi connectivity index (χ2v) is 8.78. The quantitative estimate of drug-likeness (QED) is 0.452. The Balaban J connectivity index is 1.25. The van der Waals surface area contributed by atoms with Crippen molar-refractivity contribution in [2.45, 2.75) is 25.4 Å². The Morgan fingerprint density at radius 3 is 2.64 bits per heavy atom. The van der Waals surface area contributed by atoms with Crippen molar-refractivity contribution in [3.8, 4) is 5.75 Å². The summed E-state index contributed by atoms with van der Waals surface area (Å²) in [7, 11) is 2.13. The monoisotopic (exact) mass is 488 g/mol. The highest BCUT2D eigenvalue weighted by molar-refractivity contribution is 6.04. The van der Waals surface area contributed by atoms with Gasteiger partial charge in [0.05, 0.1) is 5.56 Å². The molecule has 2 N–H and O–H groups in total. The number of nitrogens with one attached hydrogen (secondary N) is 2. The first-order chi connectivity index (χ1) is 17.6. The lowest BCUT2D eigenvalue weighted by atomic mass is 10.1. The minimum atomic E-state index is -0.281. The van der Waals surface area contributed by atoms with Crippen LogP contribution >= 0.6 is 0 Å². The van der Waals surface area contributed by atoms with Crippen LogP contribution in [0.4, 0.5) is 5.69 Å². The molecule has 2 heterocycles. The van der Waals surface area contributed by atoms with Gasteiger partial charge in [0.15, 0.2) is 0 Å². The predicted octanol–water partition coefficient (Wildman–Crippen LogP) is 3.75. The summed E-state index contributed by atoms with van der Waals surface area (Å²) in [5.41, 5.74) is 2.39. The molecule has 3 aromatic rings. The predicted molar refractivity (Wildman–Crippen MR) is 138 cm³/mol. The molecule has 0 bridgehead atoms. The summed E-state index contributed by atoms with van der Waals surface area (Å²) in [6.07, 6.45) is 5.22. The lowest BCUT2D eigenvalue weighted by Gasteiger charge is -2.31. The first kappa shape index (κ1) is 25.3. The average molecular weight is 489 g/mol. The van der Waals surface area contributed by atoms with Gasteiger partial charge in [-0.2, -0.15) is 0 Å². The Bertz CT molecular complexity index is 1150. The van der Waals surface area contributed by atoms with E-state index in [1.54, 1.807) is 42.6 Å². The molecule has 1 aliphatic heterocycles. The van der Waals surface area contributed by atoms with Crippen LogP contribution in [0.2, 0.25) is 0 Å². The van der Waals surface area contributed by atoms with Crippen molar-refractivity contribution in [3.05, 3.63) is 89.7 Å². The van der Waals surface area contributed by atoms with E-state index in [1.807, 2.05) is 24.3 Å². The highest BCUT2D eigenvalue weighted by Crippen LogP contribution is 2.16. The first-order valence-corrected chi connectivity index (χ1v) is 12.2. The fourth-order valence-corrected chi connectivity index (χ4v) is 4.08. The zero-order chi connectivity index (χ0) is 25.2. The van der Waals surface area contributed by atoms with E-state index in [1.165, 1.54) is 6.20 Å². The van der Waals surface area contributed by atoms with Gasteiger partial charge in [0, 0.05) is 56.0 Å². The third-order valence-corrected chi connectivity index (χ3v) is 6.18. The Labute approximate surface area is 211 Å². The zero-order valence-corrected chi connectivity index (χ0v) is 20.5. The van der Waals surface area contributed by atoms with Gasteiger partial charge in [-0.05, 0) is 67.9 Å². The smallest absolute Gasteiger partial charge is 0.257 e. The van der Waals surface area contributed by atoms with Crippen molar-refractivity contribution in [1.29, 1.82) is 0 Å². The zero-order valence-electron chi connectivity index (χ0n) is 20.5. The van der Waals surface area contributed by atoms with Gasteiger partial charge in [-0.25, -0.2) is 0 Å². The van der Waals surface area contributed by atoms with Crippen molar-refractivity contribution < 1.29 is 19.1 Å². The van der Waals surface area contributed by atoms with Crippen LogP contribution in [0.1, 0.15) is 39.1 Å². The number of carbonyl (C=O) groups is 2. The number of pyridine rings is 1. The van der Waals surface area contributed by atoms with Crippen LogP contribution in [-0.4, -0.2) is 61.2 Å². The molecule has 0 spiro atoms. The number of nitrogens with zero attached hydrogens (tertiary/aromatic N) is 2. The molecule has 188 valence electrons. The Hall–Kier alpha value is -3.75. The van der Waals surface area contributed by atoms with E-state index in [0.29, 0.717) is 36.0 Å². The normalized spacial score (nSPS) is 13.8. The fraction of sp³-hybridized carbons (Fsp3) is 0.321. The van der Waals surface area contributed by atoms with Crippen LogP contribution in [-0.2, 0) is 11.3 Å². The standard InChI is InChI=1S/C28H32N4O4/c1-32(25-10-14-35-15-11-25)13-16-36-26-9-2-5-21(17-26)19-30-27(33)22-6-3-8-24(18-22)31-28(34)23-7-4-12-29-20-23/h2-9,12,17-18,20,25H,10-11,13-16,19H2,1H3,(H,30,33)(H,31,34). The molecule has 8 heteroatoms. The molecule has 8 nitrogen and oxygen atoms in total. The largest absolute Gasteiger partial charge is 0.492 e. The van der Waals surface area contributed by atoms with Gasteiger partial charge in [0.1, 0.15) is 12.4 Å². The van der Waals surface area contributed by atoms with Crippen LogP contribution < -0.4 is 15.4 Å². The molecule has 1 fully saturated rings. The molecule has 1 saturated heterocycles. The average Bonchev–Trinajstić information content (AvgIpc) is 2.93. The number of anilines is 1. The Morgan fingerprint density at radius 1 is 1.03 bits per heavy atom. The molecule has 0 saturated carbocycles. The van der Waals surface area contributed by atoms with Crippen molar-refractivity contribution >= 4 is 17.5 Å². The van der Waals surface area contributed by atoms with E-state index in [9.17, 15) is 9.59 Å². The van der Waals surface area contributed by atoms with E-state index < -0.39 is 0 Å². The van der Waals surface area contributed by atoms with Gasteiger partial charge in [-0.1, -0.05) is 18.2 Å². The van der Waals surface area contributed by atoms with Crippen LogP contribution in [0.5, 0.6) is 5.75 Å². The molecule has 0 atom stereocenters. The molecule has 0 unspecified atom stereocenters. The van der Waals surface area contributed by atoms with Crippen LogP contribution in [0.3, 0.4) is 0 Å². The number of rotatable bonds is 10. The summed E-state index contributed by atoms with van der Waals surface area (Å²) >= 11 is 0. The number of hydrogen-bond donors (Lipinski definition) is 2. The van der Waals surface area contributed by atoms with E-state index in [-0.39, 0.29) is 11.8 Å². The maximum Gasteiger partial charge on any atom is 0.257 e. The second kappa shape index (κ2) is 12.8. The maximum absolute atomic E-state index is 12.7. The second-order valence-electron chi connectivity index (χ2n) is 8.78. The van der Waals surface area contributed by atoms with Crippen molar-refractivity contribution in [3.63, 3.8) is 0 Å². The highest BCUT2D eigenvalue weighted by atomic mass is 16.5. The molecule has 1 aliphatic rings. The van der Waals surface area contributed by atoms with E-state index >= 15 is 0 Å². The minimum Gasteiger partial charge on any atom is -0.492 e. The number of hydrogen-bond acceptors (Lipinski definition) is 6. The number of benzene rings is 2. The summed E-state index contributed by atoms with van der Waals surface area (Å²) in [4.78, 5) is 31.4.